The van der Waals surface area contributed by atoms with Crippen LogP contribution in [0.1, 0.15) is 79.6 Å². The molecule has 8 nitrogen and oxygen atoms in total. The molecule has 0 radical (unpaired) electrons. The number of rotatable bonds is 5. The van der Waals surface area contributed by atoms with Gasteiger partial charge < -0.3 is 35.7 Å². The lowest BCUT2D eigenvalue weighted by molar-refractivity contribution is -0.197. The third-order valence-electron chi connectivity index (χ3n) is 10.5. The largest absolute Gasteiger partial charge is 0.392 e. The van der Waals surface area contributed by atoms with E-state index in [1.807, 2.05) is 13.8 Å². The highest BCUT2D eigenvalue weighted by Crippen LogP contribution is 2.68. The van der Waals surface area contributed by atoms with Crippen LogP contribution in [-0.4, -0.2) is 82.7 Å². The zero-order valence-corrected chi connectivity index (χ0v) is 21.6. The van der Waals surface area contributed by atoms with Crippen LogP contribution in [0.25, 0.3) is 0 Å². The van der Waals surface area contributed by atoms with E-state index in [2.05, 4.69) is 0 Å². The molecule has 0 saturated heterocycles. The Bertz CT molecular complexity index is 892. The van der Waals surface area contributed by atoms with Gasteiger partial charge in [-0.3, -0.25) is 4.79 Å². The molecule has 8 heteroatoms. The fourth-order valence-electron chi connectivity index (χ4n) is 8.44. The van der Waals surface area contributed by atoms with E-state index in [4.69, 9.17) is 0 Å². The number of carbonyl (C=O) groups excluding carboxylic acids is 1. The van der Waals surface area contributed by atoms with E-state index in [9.17, 15) is 40.5 Å². The highest BCUT2D eigenvalue weighted by molar-refractivity contribution is 5.95. The highest BCUT2D eigenvalue weighted by Gasteiger charge is 2.71. The lowest BCUT2D eigenvalue weighted by Gasteiger charge is -2.62. The lowest BCUT2D eigenvalue weighted by atomic mass is 9.45. The summed E-state index contributed by atoms with van der Waals surface area (Å²) in [6, 6.07) is 0. The maximum absolute atomic E-state index is 13.3. The molecule has 3 saturated carbocycles. The Kier molecular flexibility index (Phi) is 6.46. The zero-order valence-electron chi connectivity index (χ0n) is 21.6. The summed E-state index contributed by atoms with van der Waals surface area (Å²) >= 11 is 0. The van der Waals surface area contributed by atoms with E-state index in [1.165, 1.54) is 6.08 Å². The molecule has 0 spiro atoms. The van der Waals surface area contributed by atoms with Gasteiger partial charge in [0.2, 0.25) is 0 Å². The van der Waals surface area contributed by atoms with Crippen molar-refractivity contribution in [3.05, 3.63) is 11.6 Å². The van der Waals surface area contributed by atoms with Crippen molar-refractivity contribution in [2.75, 3.05) is 0 Å². The van der Waals surface area contributed by atoms with Crippen molar-refractivity contribution in [3.63, 3.8) is 0 Å². The molecule has 7 N–H and O–H groups in total. The van der Waals surface area contributed by atoms with Crippen molar-refractivity contribution in [2.24, 2.45) is 28.6 Å². The van der Waals surface area contributed by atoms with Crippen LogP contribution in [0.4, 0.5) is 0 Å². The van der Waals surface area contributed by atoms with E-state index in [1.54, 1.807) is 20.8 Å². The summed E-state index contributed by atoms with van der Waals surface area (Å²) in [6.45, 7) is 8.52. The third-order valence-corrected chi connectivity index (χ3v) is 10.5. The number of fused-ring (bicyclic) bond motifs is 5. The summed E-state index contributed by atoms with van der Waals surface area (Å²) in [5.74, 6) is -1.89. The predicted molar refractivity (Wildman–Crippen MR) is 128 cm³/mol. The van der Waals surface area contributed by atoms with Gasteiger partial charge in [0, 0.05) is 17.3 Å². The first-order chi connectivity index (χ1) is 15.9. The summed E-state index contributed by atoms with van der Waals surface area (Å²) in [7, 11) is 0. The second-order valence-corrected chi connectivity index (χ2v) is 13.3. The summed E-state index contributed by atoms with van der Waals surface area (Å²) in [5.41, 5.74) is -5.42. The monoisotopic (exact) mass is 496 g/mol. The summed E-state index contributed by atoms with van der Waals surface area (Å²) in [4.78, 5) is 13.3. The molecule has 200 valence electrons. The van der Waals surface area contributed by atoms with E-state index < -0.39 is 69.8 Å². The topological polar surface area (TPSA) is 159 Å². The summed E-state index contributed by atoms with van der Waals surface area (Å²) < 4.78 is 0. The molecule has 11 atom stereocenters. The molecular weight excluding hydrogens is 452 g/mol. The molecule has 0 aromatic carbocycles. The number of aliphatic hydroxyl groups is 7. The van der Waals surface area contributed by atoms with Crippen molar-refractivity contribution in [2.45, 2.75) is 121 Å². The quantitative estimate of drug-likeness (QED) is 0.295. The summed E-state index contributed by atoms with van der Waals surface area (Å²) in [5, 5.41) is 77.0. The molecule has 0 bridgehead atoms. The number of aliphatic hydroxyl groups excluding tert-OH is 4. The molecule has 35 heavy (non-hydrogen) atoms. The average molecular weight is 497 g/mol. The zero-order chi connectivity index (χ0) is 26.4. The van der Waals surface area contributed by atoms with Crippen LogP contribution >= 0.6 is 0 Å². The van der Waals surface area contributed by atoms with Crippen LogP contribution in [0, 0.1) is 28.6 Å². The van der Waals surface area contributed by atoms with E-state index in [0.717, 1.165) is 0 Å². The van der Waals surface area contributed by atoms with Crippen molar-refractivity contribution in [1.82, 2.24) is 0 Å². The average Bonchev–Trinajstić information content (AvgIpc) is 2.99. The van der Waals surface area contributed by atoms with Crippen LogP contribution < -0.4 is 0 Å². The van der Waals surface area contributed by atoms with Gasteiger partial charge >= 0.3 is 0 Å². The Morgan fingerprint density at radius 1 is 1.06 bits per heavy atom. The first-order valence-corrected chi connectivity index (χ1v) is 13.0. The summed E-state index contributed by atoms with van der Waals surface area (Å²) in [6.07, 6.45) is -1.08. The Hall–Kier alpha value is -0.870. The normalized spacial score (nSPS) is 48.3. The maximum Gasteiger partial charge on any atom is 0.159 e. The minimum atomic E-state index is -1.59. The van der Waals surface area contributed by atoms with Gasteiger partial charge in [0.15, 0.2) is 5.78 Å². The van der Waals surface area contributed by atoms with Crippen LogP contribution in [-0.2, 0) is 4.79 Å². The lowest BCUT2D eigenvalue weighted by Crippen LogP contribution is -2.66. The van der Waals surface area contributed by atoms with Gasteiger partial charge in [-0.15, -0.1) is 0 Å². The Morgan fingerprint density at radius 3 is 2.29 bits per heavy atom. The second-order valence-electron chi connectivity index (χ2n) is 13.3. The minimum Gasteiger partial charge on any atom is -0.392 e. The van der Waals surface area contributed by atoms with Crippen molar-refractivity contribution >= 4 is 5.78 Å². The van der Waals surface area contributed by atoms with Gasteiger partial charge in [-0.1, -0.05) is 13.8 Å². The molecule has 3 fully saturated rings. The molecule has 0 amide bonds. The molecule has 0 heterocycles. The predicted octanol–water partition coefficient (Wildman–Crippen LogP) is 0.825. The first-order valence-electron chi connectivity index (χ1n) is 13.0. The van der Waals surface area contributed by atoms with Gasteiger partial charge in [-0.05, 0) is 88.7 Å². The van der Waals surface area contributed by atoms with Crippen LogP contribution in [0.5, 0.6) is 0 Å². The molecule has 0 aromatic heterocycles. The van der Waals surface area contributed by atoms with Crippen LogP contribution in [0.3, 0.4) is 0 Å². The standard InChI is InChI=1S/C27H44O8/c1-23(2,33)8-7-21(32)26(5,34)20-6-9-27(35)15-11-16(28)14-10-17(29)18(30)12-24(14,3)22(15)19(31)13-25(20,27)4/h11,14,17-22,29-35H,6-10,12-13H2,1-5H3/t14-,17-,18+,19+,20+,21-,22-,24-,25+,26+,27+/m0/s1. The third kappa shape index (κ3) is 3.95. The van der Waals surface area contributed by atoms with Crippen LogP contribution in [0.15, 0.2) is 11.6 Å². The molecule has 4 aliphatic carbocycles. The van der Waals surface area contributed by atoms with Gasteiger partial charge in [0.05, 0.1) is 41.2 Å². The molecule has 4 rings (SSSR count). The maximum atomic E-state index is 13.3. The minimum absolute atomic E-state index is 0.115. The SMILES string of the molecule is CC(C)(O)CC[C@H](O)[C@](C)(O)[C@@H]1CC[C@@]2(O)C3=CC(=O)[C@@H]4C[C@H](O)[C@H](O)C[C@]4(C)[C@@H]3[C@H](O)C[C@]12C. The number of allylic oxidation sites excluding steroid dienone is 1. The van der Waals surface area contributed by atoms with Gasteiger partial charge in [-0.2, -0.15) is 0 Å². The fraction of sp³-hybridized carbons (Fsp3) is 0.889. The molecule has 0 unspecified atom stereocenters. The molecule has 0 aromatic rings. The molecular formula is C27H44O8. The highest BCUT2D eigenvalue weighted by atomic mass is 16.3. The number of hydrogen-bond acceptors (Lipinski definition) is 8. The Morgan fingerprint density at radius 2 is 1.69 bits per heavy atom. The Balaban J connectivity index is 1.71. The van der Waals surface area contributed by atoms with Gasteiger partial charge in [0.1, 0.15) is 0 Å². The van der Waals surface area contributed by atoms with Crippen molar-refractivity contribution < 1.29 is 40.5 Å². The smallest absolute Gasteiger partial charge is 0.159 e. The van der Waals surface area contributed by atoms with E-state index in [-0.39, 0.29) is 44.3 Å². The van der Waals surface area contributed by atoms with Crippen molar-refractivity contribution in [1.29, 1.82) is 0 Å². The first kappa shape index (κ1) is 27.2. The van der Waals surface area contributed by atoms with E-state index in [0.29, 0.717) is 12.0 Å². The Labute approximate surface area is 207 Å². The number of ketones is 1. The second kappa shape index (κ2) is 8.32. The fourth-order valence-corrected chi connectivity index (χ4v) is 8.44. The molecule has 4 aliphatic rings. The van der Waals surface area contributed by atoms with Crippen LogP contribution in [0.2, 0.25) is 0 Å². The van der Waals surface area contributed by atoms with Crippen molar-refractivity contribution in [3.8, 4) is 0 Å². The number of hydrogen-bond donors (Lipinski definition) is 7. The van der Waals surface area contributed by atoms with Gasteiger partial charge in [-0.25, -0.2) is 0 Å². The number of carbonyl (C=O) groups is 1. The van der Waals surface area contributed by atoms with Gasteiger partial charge in [0.25, 0.3) is 0 Å². The molecule has 0 aliphatic heterocycles. The van der Waals surface area contributed by atoms with E-state index >= 15 is 0 Å².